The Bertz CT molecular complexity index is 388. The van der Waals surface area contributed by atoms with Gasteiger partial charge in [-0.3, -0.25) is 0 Å². The van der Waals surface area contributed by atoms with Gasteiger partial charge in [0.2, 0.25) is 0 Å². The van der Waals surface area contributed by atoms with Crippen molar-refractivity contribution in [1.82, 2.24) is 9.97 Å². The number of nitrogens with zero attached hydrogens (tertiary/aromatic N) is 3. The molecule has 100 valence electrons. The highest BCUT2D eigenvalue weighted by Crippen LogP contribution is 2.30. The monoisotopic (exact) mass is 249 g/mol. The summed E-state index contributed by atoms with van der Waals surface area (Å²) in [7, 11) is 1.99. The van der Waals surface area contributed by atoms with Crippen LogP contribution in [0.4, 0.5) is 5.82 Å². The Morgan fingerprint density at radius 2 is 2.06 bits per heavy atom. The van der Waals surface area contributed by atoms with Crippen LogP contribution in [0.25, 0.3) is 0 Å². The zero-order valence-electron chi connectivity index (χ0n) is 11.4. The zero-order valence-corrected chi connectivity index (χ0v) is 11.4. The minimum Gasteiger partial charge on any atom is -0.388 e. The SMILES string of the molecule is CCCc1cc(N(C)CC2(O)CCCC2)ncn1. The van der Waals surface area contributed by atoms with E-state index in [0.29, 0.717) is 6.54 Å². The predicted octanol–water partition coefficient (Wildman–Crippen LogP) is 2.17. The molecule has 0 bridgehead atoms. The van der Waals surface area contributed by atoms with Gasteiger partial charge in [0.05, 0.1) is 5.60 Å². The van der Waals surface area contributed by atoms with E-state index in [4.69, 9.17) is 0 Å². The minimum absolute atomic E-state index is 0.523. The molecular formula is C14H23N3O. The Kier molecular flexibility index (Phi) is 4.17. The quantitative estimate of drug-likeness (QED) is 0.869. The lowest BCUT2D eigenvalue weighted by Gasteiger charge is -2.29. The normalized spacial score (nSPS) is 17.9. The number of rotatable bonds is 5. The molecule has 1 aromatic heterocycles. The summed E-state index contributed by atoms with van der Waals surface area (Å²) in [6.07, 6.45) is 7.77. The highest BCUT2D eigenvalue weighted by atomic mass is 16.3. The molecule has 0 aromatic carbocycles. The zero-order chi connectivity index (χ0) is 13.0. The van der Waals surface area contributed by atoms with Crippen molar-refractivity contribution >= 4 is 5.82 Å². The molecule has 0 aliphatic heterocycles. The van der Waals surface area contributed by atoms with Crippen molar-refractivity contribution in [3.63, 3.8) is 0 Å². The molecule has 4 nitrogen and oxygen atoms in total. The molecule has 1 heterocycles. The highest BCUT2D eigenvalue weighted by molar-refractivity contribution is 5.38. The van der Waals surface area contributed by atoms with Gasteiger partial charge in [0.1, 0.15) is 12.1 Å². The van der Waals surface area contributed by atoms with Gasteiger partial charge in [-0.2, -0.15) is 0 Å². The van der Waals surface area contributed by atoms with E-state index in [2.05, 4.69) is 16.9 Å². The van der Waals surface area contributed by atoms with E-state index in [-0.39, 0.29) is 0 Å². The Morgan fingerprint density at radius 1 is 1.33 bits per heavy atom. The van der Waals surface area contributed by atoms with Gasteiger partial charge in [-0.1, -0.05) is 26.2 Å². The van der Waals surface area contributed by atoms with E-state index in [1.807, 2.05) is 18.0 Å². The van der Waals surface area contributed by atoms with Crippen molar-refractivity contribution in [2.24, 2.45) is 0 Å². The molecule has 1 saturated carbocycles. The summed E-state index contributed by atoms with van der Waals surface area (Å²) >= 11 is 0. The summed E-state index contributed by atoms with van der Waals surface area (Å²) in [4.78, 5) is 10.6. The molecule has 1 aliphatic carbocycles. The first kappa shape index (κ1) is 13.3. The van der Waals surface area contributed by atoms with Crippen LogP contribution >= 0.6 is 0 Å². The van der Waals surface area contributed by atoms with Gasteiger partial charge in [0.25, 0.3) is 0 Å². The lowest BCUT2D eigenvalue weighted by Crippen LogP contribution is -2.39. The van der Waals surface area contributed by atoms with E-state index >= 15 is 0 Å². The van der Waals surface area contributed by atoms with Crippen LogP contribution in [0.1, 0.15) is 44.7 Å². The Labute approximate surface area is 109 Å². The average molecular weight is 249 g/mol. The number of likely N-dealkylation sites (N-methyl/N-ethyl adjacent to an activating group) is 1. The van der Waals surface area contributed by atoms with Crippen LogP contribution in [-0.4, -0.2) is 34.3 Å². The third-order valence-corrected chi connectivity index (χ3v) is 3.67. The first-order valence-electron chi connectivity index (χ1n) is 6.87. The lowest BCUT2D eigenvalue weighted by atomic mass is 10.0. The number of aryl methyl sites for hydroxylation is 1. The molecular weight excluding hydrogens is 226 g/mol. The lowest BCUT2D eigenvalue weighted by molar-refractivity contribution is 0.0558. The molecule has 0 atom stereocenters. The molecule has 4 heteroatoms. The fourth-order valence-electron chi connectivity index (χ4n) is 2.70. The summed E-state index contributed by atoms with van der Waals surface area (Å²) in [5.74, 6) is 0.911. The van der Waals surface area contributed by atoms with Crippen molar-refractivity contribution in [2.75, 3.05) is 18.5 Å². The molecule has 2 rings (SSSR count). The standard InChI is InChI=1S/C14H23N3O/c1-3-6-12-9-13(16-11-15-12)17(2)10-14(18)7-4-5-8-14/h9,11,18H,3-8,10H2,1-2H3. The first-order valence-corrected chi connectivity index (χ1v) is 6.87. The van der Waals surface area contributed by atoms with Gasteiger partial charge in [0, 0.05) is 25.4 Å². The van der Waals surface area contributed by atoms with E-state index in [9.17, 15) is 5.11 Å². The number of hydrogen-bond donors (Lipinski definition) is 1. The molecule has 0 amide bonds. The third-order valence-electron chi connectivity index (χ3n) is 3.67. The van der Waals surface area contributed by atoms with Crippen molar-refractivity contribution in [3.8, 4) is 0 Å². The largest absolute Gasteiger partial charge is 0.388 e. The fourth-order valence-corrected chi connectivity index (χ4v) is 2.70. The third kappa shape index (κ3) is 3.19. The van der Waals surface area contributed by atoms with E-state index in [1.165, 1.54) is 0 Å². The van der Waals surface area contributed by atoms with Crippen LogP contribution in [0.15, 0.2) is 12.4 Å². The van der Waals surface area contributed by atoms with Crippen molar-refractivity contribution in [2.45, 2.75) is 51.0 Å². The second-order valence-corrected chi connectivity index (χ2v) is 5.41. The second-order valence-electron chi connectivity index (χ2n) is 5.41. The van der Waals surface area contributed by atoms with Crippen LogP contribution in [0, 0.1) is 0 Å². The topological polar surface area (TPSA) is 49.2 Å². The molecule has 0 unspecified atom stereocenters. The molecule has 0 saturated heterocycles. The van der Waals surface area contributed by atoms with Gasteiger partial charge in [0.15, 0.2) is 0 Å². The average Bonchev–Trinajstić information content (AvgIpc) is 2.76. The number of aliphatic hydroxyl groups is 1. The molecule has 1 aliphatic rings. The van der Waals surface area contributed by atoms with Crippen LogP contribution in [0.2, 0.25) is 0 Å². The molecule has 18 heavy (non-hydrogen) atoms. The summed E-state index contributed by atoms with van der Waals surface area (Å²) in [6, 6.07) is 2.03. The van der Waals surface area contributed by atoms with Gasteiger partial charge < -0.3 is 10.0 Å². The highest BCUT2D eigenvalue weighted by Gasteiger charge is 2.32. The summed E-state index contributed by atoms with van der Waals surface area (Å²) in [5, 5.41) is 10.4. The molecule has 1 N–H and O–H groups in total. The molecule has 0 radical (unpaired) electrons. The maximum Gasteiger partial charge on any atom is 0.132 e. The molecule has 0 spiro atoms. The van der Waals surface area contributed by atoms with Gasteiger partial charge in [-0.15, -0.1) is 0 Å². The predicted molar refractivity (Wildman–Crippen MR) is 72.7 cm³/mol. The van der Waals surface area contributed by atoms with E-state index in [0.717, 1.165) is 50.0 Å². The van der Waals surface area contributed by atoms with Gasteiger partial charge in [-0.25, -0.2) is 9.97 Å². The number of hydrogen-bond acceptors (Lipinski definition) is 4. The number of anilines is 1. The summed E-state index contributed by atoms with van der Waals surface area (Å²) in [6.45, 7) is 2.81. The van der Waals surface area contributed by atoms with Crippen molar-refractivity contribution < 1.29 is 5.11 Å². The maximum atomic E-state index is 10.4. The second kappa shape index (κ2) is 5.65. The van der Waals surface area contributed by atoms with Gasteiger partial charge in [-0.05, 0) is 19.3 Å². The fraction of sp³-hybridized carbons (Fsp3) is 0.714. The molecule has 1 aromatic rings. The Hall–Kier alpha value is -1.16. The minimum atomic E-state index is -0.523. The van der Waals surface area contributed by atoms with Crippen LogP contribution in [0.5, 0.6) is 0 Å². The Morgan fingerprint density at radius 3 is 2.72 bits per heavy atom. The smallest absolute Gasteiger partial charge is 0.132 e. The summed E-state index contributed by atoms with van der Waals surface area (Å²) < 4.78 is 0. The first-order chi connectivity index (χ1) is 8.63. The van der Waals surface area contributed by atoms with Crippen LogP contribution < -0.4 is 4.90 Å². The van der Waals surface area contributed by atoms with Crippen molar-refractivity contribution in [3.05, 3.63) is 18.1 Å². The Balaban J connectivity index is 2.03. The van der Waals surface area contributed by atoms with Crippen molar-refractivity contribution in [1.29, 1.82) is 0 Å². The summed E-state index contributed by atoms with van der Waals surface area (Å²) in [5.41, 5.74) is 0.553. The molecule has 1 fully saturated rings. The van der Waals surface area contributed by atoms with Crippen LogP contribution in [0.3, 0.4) is 0 Å². The van der Waals surface area contributed by atoms with Crippen LogP contribution in [-0.2, 0) is 6.42 Å². The van der Waals surface area contributed by atoms with Gasteiger partial charge >= 0.3 is 0 Å². The van der Waals surface area contributed by atoms with E-state index < -0.39 is 5.60 Å². The van der Waals surface area contributed by atoms with E-state index in [1.54, 1.807) is 6.33 Å². The number of aromatic nitrogens is 2. The maximum absolute atomic E-state index is 10.4.